The third-order valence-electron chi connectivity index (χ3n) is 5.12. The molecule has 0 saturated heterocycles. The summed E-state index contributed by atoms with van der Waals surface area (Å²) < 4.78 is 2.99. The van der Waals surface area contributed by atoms with Crippen molar-refractivity contribution >= 4 is 62.9 Å². The Morgan fingerprint density at radius 1 is 1.10 bits per heavy atom. The van der Waals surface area contributed by atoms with Crippen molar-refractivity contribution in [3.8, 4) is 17.2 Å². The summed E-state index contributed by atoms with van der Waals surface area (Å²) >= 11 is 0. The van der Waals surface area contributed by atoms with Gasteiger partial charge in [-0.05, 0) is 35.2 Å². The Morgan fingerprint density at radius 3 is 2.77 bits per heavy atom. The van der Waals surface area contributed by atoms with Gasteiger partial charge in [0.2, 0.25) is 12.4 Å². The van der Waals surface area contributed by atoms with Crippen molar-refractivity contribution in [2.45, 2.75) is 0 Å². The quantitative estimate of drug-likeness (QED) is 0.267. The molecule has 0 bridgehead atoms. The molecule has 31 heavy (non-hydrogen) atoms. The molecule has 146 valence electrons. The zero-order chi connectivity index (χ0) is 20.7. The fourth-order valence-corrected chi connectivity index (χ4v) is 3.64. The normalized spacial score (nSPS) is 10.6. The van der Waals surface area contributed by atoms with Crippen LogP contribution in [0.5, 0.6) is 0 Å². The van der Waals surface area contributed by atoms with Gasteiger partial charge in [0.15, 0.2) is 0 Å². The molecule has 2 N–H and O–H groups in total. The van der Waals surface area contributed by atoms with Crippen LogP contribution in [-0.4, -0.2) is 49.3 Å². The maximum absolute atomic E-state index is 9.76. The molecule has 0 saturated carbocycles. The van der Waals surface area contributed by atoms with E-state index in [1.807, 2.05) is 25.4 Å². The second kappa shape index (κ2) is 8.36. The summed E-state index contributed by atoms with van der Waals surface area (Å²) in [6.45, 7) is 0. The molecule has 8 heteroatoms. The number of rotatable bonds is 3. The average Bonchev–Trinajstić information content (AvgIpc) is 3.13. The van der Waals surface area contributed by atoms with E-state index in [-0.39, 0.29) is 29.6 Å². The Bertz CT molecular complexity index is 1470. The van der Waals surface area contributed by atoms with Gasteiger partial charge in [0.05, 0.1) is 16.6 Å². The number of anilines is 2. The maximum atomic E-state index is 9.76. The molecule has 0 fully saturated rings. The van der Waals surface area contributed by atoms with Gasteiger partial charge >= 0.3 is 29.6 Å². The molecule has 0 atom stereocenters. The van der Waals surface area contributed by atoms with Crippen LogP contribution in [0.3, 0.4) is 0 Å². The SMILES string of the molecule is Cn1ccc2ccc(-c3cc(Nc4c[n+](O)ccc4C#N)cc4nccnc34)cc21.[NaH]. The Balaban J connectivity index is 0.00000231. The van der Waals surface area contributed by atoms with E-state index in [1.54, 1.807) is 18.5 Å². The number of benzene rings is 2. The van der Waals surface area contributed by atoms with Gasteiger partial charge in [-0.15, -0.1) is 0 Å². The van der Waals surface area contributed by atoms with Crippen molar-refractivity contribution in [2.75, 3.05) is 5.32 Å². The third kappa shape index (κ3) is 3.84. The molecule has 0 unspecified atom stereocenters. The summed E-state index contributed by atoms with van der Waals surface area (Å²) in [4.78, 5) is 9.02. The number of hydrogen-bond donors (Lipinski definition) is 2. The summed E-state index contributed by atoms with van der Waals surface area (Å²) in [6.07, 6.45) is 8.24. The van der Waals surface area contributed by atoms with Gasteiger partial charge in [-0.2, -0.15) is 5.26 Å². The number of nitrogens with zero attached hydrogens (tertiary/aromatic N) is 5. The number of aromatic nitrogens is 4. The Hall–Kier alpha value is -3.44. The summed E-state index contributed by atoms with van der Waals surface area (Å²) in [5.41, 5.74) is 6.26. The molecule has 3 aromatic heterocycles. The Kier molecular flexibility index (Phi) is 5.61. The summed E-state index contributed by atoms with van der Waals surface area (Å²) in [7, 11) is 2.02. The molecule has 0 aliphatic carbocycles. The van der Waals surface area contributed by atoms with Crippen LogP contribution in [0.15, 0.2) is 73.4 Å². The predicted molar refractivity (Wildman–Crippen MR) is 120 cm³/mol. The van der Waals surface area contributed by atoms with E-state index >= 15 is 0 Å². The first-order valence-electron chi connectivity index (χ1n) is 9.34. The molecule has 0 spiro atoms. The molecular formula is C23H18N6NaO+. The second-order valence-electron chi connectivity index (χ2n) is 7.04. The van der Waals surface area contributed by atoms with E-state index in [4.69, 9.17) is 0 Å². The van der Waals surface area contributed by atoms with Crippen molar-refractivity contribution in [1.29, 1.82) is 5.26 Å². The average molecular weight is 417 g/mol. The van der Waals surface area contributed by atoms with Crippen molar-refractivity contribution in [2.24, 2.45) is 7.05 Å². The Morgan fingerprint density at radius 2 is 1.94 bits per heavy atom. The number of aryl methyl sites for hydroxylation is 1. The van der Waals surface area contributed by atoms with E-state index in [1.165, 1.54) is 17.8 Å². The van der Waals surface area contributed by atoms with Crippen molar-refractivity contribution in [3.63, 3.8) is 0 Å². The van der Waals surface area contributed by atoms with Crippen LogP contribution >= 0.6 is 0 Å². The van der Waals surface area contributed by atoms with Gasteiger partial charge in [0, 0.05) is 53.2 Å². The van der Waals surface area contributed by atoms with Gasteiger partial charge in [-0.3, -0.25) is 15.2 Å². The van der Waals surface area contributed by atoms with E-state index in [0.29, 0.717) is 11.3 Å². The van der Waals surface area contributed by atoms with E-state index in [9.17, 15) is 10.5 Å². The molecule has 5 rings (SSSR count). The molecule has 3 heterocycles. The third-order valence-corrected chi connectivity index (χ3v) is 5.12. The standard InChI is InChI=1S/C23H17N6O.Na.H/c1-28-8-4-15-2-3-16(10-22(15)28)19-11-18(12-20-23(19)26-7-6-25-20)27-21-14-29(30)9-5-17(21)13-24;;/h2-12,14,27,30H,1H3;;/q+1;;. The molecule has 2 aromatic carbocycles. The van der Waals surface area contributed by atoms with Crippen molar-refractivity contribution in [1.82, 2.24) is 14.5 Å². The van der Waals surface area contributed by atoms with E-state index in [2.05, 4.69) is 50.2 Å². The number of fused-ring (bicyclic) bond motifs is 2. The topological polar surface area (TPSA) is 90.6 Å². The number of hydrogen-bond acceptors (Lipinski definition) is 5. The first-order chi connectivity index (χ1) is 14.6. The van der Waals surface area contributed by atoms with Crippen LogP contribution in [0.25, 0.3) is 33.1 Å². The first-order valence-corrected chi connectivity index (χ1v) is 9.34. The van der Waals surface area contributed by atoms with Crippen LogP contribution in [0.2, 0.25) is 0 Å². The molecule has 5 aromatic rings. The van der Waals surface area contributed by atoms with Gasteiger partial charge in [-0.1, -0.05) is 12.1 Å². The first kappa shape index (κ1) is 20.8. The minimum atomic E-state index is 0. The van der Waals surface area contributed by atoms with Gasteiger partial charge in [0.1, 0.15) is 11.8 Å². The fourth-order valence-electron chi connectivity index (χ4n) is 3.64. The number of pyridine rings is 1. The zero-order valence-corrected chi connectivity index (χ0v) is 16.1. The molecule has 0 aliphatic rings. The van der Waals surface area contributed by atoms with Gasteiger partial charge < -0.3 is 9.88 Å². The van der Waals surface area contributed by atoms with Crippen LogP contribution in [0.1, 0.15) is 5.56 Å². The van der Waals surface area contributed by atoms with Crippen molar-refractivity contribution in [3.05, 3.63) is 79.0 Å². The summed E-state index contributed by atoms with van der Waals surface area (Å²) in [6, 6.07) is 15.9. The number of nitriles is 1. The monoisotopic (exact) mass is 417 g/mol. The molecule has 7 nitrogen and oxygen atoms in total. The summed E-state index contributed by atoms with van der Waals surface area (Å²) in [5.74, 6) is 0. The van der Waals surface area contributed by atoms with E-state index < -0.39 is 0 Å². The number of nitrogens with one attached hydrogen (secondary N) is 1. The van der Waals surface area contributed by atoms with Gasteiger partial charge in [-0.25, -0.2) is 0 Å². The molecule has 0 aliphatic heterocycles. The predicted octanol–water partition coefficient (Wildman–Crippen LogP) is 3.28. The van der Waals surface area contributed by atoms with Crippen LogP contribution in [-0.2, 0) is 7.05 Å². The molecular weight excluding hydrogens is 399 g/mol. The van der Waals surface area contributed by atoms with Crippen molar-refractivity contribution < 1.29 is 9.94 Å². The van der Waals surface area contributed by atoms with Crippen LogP contribution in [0.4, 0.5) is 11.4 Å². The van der Waals surface area contributed by atoms with Crippen LogP contribution in [0, 0.1) is 11.3 Å². The zero-order valence-electron chi connectivity index (χ0n) is 16.1. The molecule has 0 amide bonds. The molecule has 0 radical (unpaired) electrons. The van der Waals surface area contributed by atoms with Crippen LogP contribution < -0.4 is 10.0 Å². The minimum absolute atomic E-state index is 0. The summed E-state index contributed by atoms with van der Waals surface area (Å²) in [5, 5.41) is 23.6. The van der Waals surface area contributed by atoms with E-state index in [0.717, 1.165) is 38.1 Å². The fraction of sp³-hybridized carbons (Fsp3) is 0.0435. The van der Waals surface area contributed by atoms with Gasteiger partial charge in [0.25, 0.3) is 0 Å². The second-order valence-corrected chi connectivity index (χ2v) is 7.04. The Labute approximate surface area is 200 Å².